The van der Waals surface area contributed by atoms with E-state index < -0.39 is 12.2 Å². The SMILES string of the molecule is CCNC(c1ccc(OC)c2ccccc12)C(F)(F)F. The van der Waals surface area contributed by atoms with Crippen molar-refractivity contribution in [1.29, 1.82) is 0 Å². The molecule has 5 heteroatoms. The molecule has 0 bridgehead atoms. The van der Waals surface area contributed by atoms with E-state index in [2.05, 4.69) is 5.32 Å². The maximum atomic E-state index is 13.2. The zero-order valence-corrected chi connectivity index (χ0v) is 11.3. The van der Waals surface area contributed by atoms with E-state index >= 15 is 0 Å². The molecule has 1 N–H and O–H groups in total. The van der Waals surface area contributed by atoms with Gasteiger partial charge in [-0.1, -0.05) is 37.3 Å². The van der Waals surface area contributed by atoms with E-state index in [0.717, 1.165) is 0 Å². The van der Waals surface area contributed by atoms with E-state index in [9.17, 15) is 13.2 Å². The van der Waals surface area contributed by atoms with Gasteiger partial charge in [0.05, 0.1) is 7.11 Å². The third-order valence-electron chi connectivity index (χ3n) is 3.18. The van der Waals surface area contributed by atoms with E-state index in [0.29, 0.717) is 16.5 Å². The van der Waals surface area contributed by atoms with Gasteiger partial charge in [-0.25, -0.2) is 0 Å². The molecule has 0 amide bonds. The molecule has 0 saturated heterocycles. The molecule has 0 aliphatic heterocycles. The molecule has 0 aliphatic rings. The fraction of sp³-hybridized carbons (Fsp3) is 0.333. The van der Waals surface area contributed by atoms with Crippen LogP contribution in [0.3, 0.4) is 0 Å². The highest BCUT2D eigenvalue weighted by Gasteiger charge is 2.41. The molecule has 2 aromatic rings. The van der Waals surface area contributed by atoms with Crippen LogP contribution in [0, 0.1) is 0 Å². The predicted octanol–water partition coefficient (Wildman–Crippen LogP) is 4.06. The topological polar surface area (TPSA) is 21.3 Å². The van der Waals surface area contributed by atoms with Crippen LogP contribution in [0.2, 0.25) is 0 Å². The lowest BCUT2D eigenvalue weighted by Crippen LogP contribution is -2.34. The fourth-order valence-electron chi connectivity index (χ4n) is 2.33. The molecule has 2 rings (SSSR count). The minimum absolute atomic E-state index is 0.218. The van der Waals surface area contributed by atoms with E-state index in [-0.39, 0.29) is 12.1 Å². The third-order valence-corrected chi connectivity index (χ3v) is 3.18. The van der Waals surface area contributed by atoms with Crippen molar-refractivity contribution < 1.29 is 17.9 Å². The molecule has 0 aromatic heterocycles. The molecule has 2 nitrogen and oxygen atoms in total. The Balaban J connectivity index is 2.64. The Morgan fingerprint density at radius 2 is 1.75 bits per heavy atom. The van der Waals surface area contributed by atoms with Gasteiger partial charge in [0, 0.05) is 5.39 Å². The first-order valence-electron chi connectivity index (χ1n) is 6.34. The number of methoxy groups -OCH3 is 1. The lowest BCUT2D eigenvalue weighted by molar-refractivity contribution is -0.157. The van der Waals surface area contributed by atoms with Crippen molar-refractivity contribution in [3.63, 3.8) is 0 Å². The average Bonchev–Trinajstić information content (AvgIpc) is 2.43. The van der Waals surface area contributed by atoms with Crippen molar-refractivity contribution in [2.24, 2.45) is 0 Å². The monoisotopic (exact) mass is 283 g/mol. The molecule has 2 aromatic carbocycles. The Bertz CT molecular complexity index is 595. The average molecular weight is 283 g/mol. The standard InChI is InChI=1S/C15H16F3NO/c1-3-19-14(15(16,17)18)12-8-9-13(20-2)11-7-5-4-6-10(11)12/h4-9,14,19H,3H2,1-2H3. The minimum atomic E-state index is -4.34. The molecule has 108 valence electrons. The summed E-state index contributed by atoms with van der Waals surface area (Å²) >= 11 is 0. The minimum Gasteiger partial charge on any atom is -0.496 e. The summed E-state index contributed by atoms with van der Waals surface area (Å²) in [4.78, 5) is 0. The van der Waals surface area contributed by atoms with Crippen LogP contribution in [0.5, 0.6) is 5.75 Å². The van der Waals surface area contributed by atoms with E-state index in [1.54, 1.807) is 37.3 Å². The highest BCUT2D eigenvalue weighted by Crippen LogP contribution is 2.38. The van der Waals surface area contributed by atoms with Gasteiger partial charge in [-0.15, -0.1) is 0 Å². The summed E-state index contributed by atoms with van der Waals surface area (Å²) in [6.45, 7) is 1.90. The zero-order chi connectivity index (χ0) is 14.8. The van der Waals surface area contributed by atoms with Gasteiger partial charge in [-0.3, -0.25) is 0 Å². The zero-order valence-electron chi connectivity index (χ0n) is 11.3. The number of hydrogen-bond acceptors (Lipinski definition) is 2. The van der Waals surface area contributed by atoms with Crippen LogP contribution in [0.4, 0.5) is 13.2 Å². The normalized spacial score (nSPS) is 13.4. The van der Waals surface area contributed by atoms with Crippen molar-refractivity contribution >= 4 is 10.8 Å². The van der Waals surface area contributed by atoms with Gasteiger partial charge in [0.15, 0.2) is 0 Å². The van der Waals surface area contributed by atoms with Crippen molar-refractivity contribution in [1.82, 2.24) is 5.32 Å². The maximum Gasteiger partial charge on any atom is 0.407 e. The van der Waals surface area contributed by atoms with Crippen LogP contribution in [0.25, 0.3) is 10.8 Å². The molecule has 20 heavy (non-hydrogen) atoms. The van der Waals surface area contributed by atoms with E-state index in [4.69, 9.17) is 4.74 Å². The number of hydrogen-bond donors (Lipinski definition) is 1. The number of ether oxygens (including phenoxy) is 1. The summed E-state index contributed by atoms with van der Waals surface area (Å²) in [5.74, 6) is 0.571. The second kappa shape index (κ2) is 5.71. The summed E-state index contributed by atoms with van der Waals surface area (Å²) in [7, 11) is 1.51. The van der Waals surface area contributed by atoms with Gasteiger partial charge >= 0.3 is 6.18 Å². The number of alkyl halides is 3. The first-order chi connectivity index (χ1) is 9.49. The van der Waals surface area contributed by atoms with Crippen molar-refractivity contribution in [3.05, 3.63) is 42.0 Å². The highest BCUT2D eigenvalue weighted by atomic mass is 19.4. The first-order valence-corrected chi connectivity index (χ1v) is 6.34. The number of nitrogens with one attached hydrogen (secondary N) is 1. The van der Waals surface area contributed by atoms with Gasteiger partial charge in [0.2, 0.25) is 0 Å². The fourth-order valence-corrected chi connectivity index (χ4v) is 2.33. The van der Waals surface area contributed by atoms with Crippen LogP contribution in [0.15, 0.2) is 36.4 Å². The molecule has 1 atom stereocenters. The van der Waals surface area contributed by atoms with Crippen molar-refractivity contribution in [3.8, 4) is 5.75 Å². The van der Waals surface area contributed by atoms with Crippen molar-refractivity contribution in [2.75, 3.05) is 13.7 Å². The molecule has 0 radical (unpaired) electrons. The van der Waals surface area contributed by atoms with Gasteiger partial charge in [0.1, 0.15) is 11.8 Å². The largest absolute Gasteiger partial charge is 0.496 e. The Labute approximate surface area is 115 Å². The number of fused-ring (bicyclic) bond motifs is 1. The number of benzene rings is 2. The molecule has 0 saturated carbocycles. The Morgan fingerprint density at radius 1 is 1.10 bits per heavy atom. The van der Waals surface area contributed by atoms with E-state index in [1.807, 2.05) is 0 Å². The summed E-state index contributed by atoms with van der Waals surface area (Å²) in [5.41, 5.74) is 0.218. The predicted molar refractivity (Wildman–Crippen MR) is 73.0 cm³/mol. The number of halogens is 3. The molecule has 1 unspecified atom stereocenters. The van der Waals surface area contributed by atoms with Gasteiger partial charge < -0.3 is 10.1 Å². The number of rotatable bonds is 4. The lowest BCUT2D eigenvalue weighted by atomic mass is 9.97. The van der Waals surface area contributed by atoms with Gasteiger partial charge in [-0.05, 0) is 23.6 Å². The van der Waals surface area contributed by atoms with Crippen molar-refractivity contribution in [2.45, 2.75) is 19.1 Å². The second-order valence-electron chi connectivity index (χ2n) is 4.43. The molecule has 0 aliphatic carbocycles. The maximum absolute atomic E-state index is 13.2. The molecular formula is C15H16F3NO. The Kier molecular flexibility index (Phi) is 4.18. The smallest absolute Gasteiger partial charge is 0.407 e. The van der Waals surface area contributed by atoms with Crippen LogP contribution in [-0.4, -0.2) is 19.8 Å². The summed E-state index contributed by atoms with van der Waals surface area (Å²) < 4.78 is 44.8. The Morgan fingerprint density at radius 3 is 2.30 bits per heavy atom. The third kappa shape index (κ3) is 2.72. The summed E-state index contributed by atoms with van der Waals surface area (Å²) in [6.07, 6.45) is -4.34. The molecule has 0 fully saturated rings. The lowest BCUT2D eigenvalue weighted by Gasteiger charge is -2.23. The quantitative estimate of drug-likeness (QED) is 0.913. The first kappa shape index (κ1) is 14.7. The molecule has 0 spiro atoms. The molecular weight excluding hydrogens is 267 g/mol. The highest BCUT2D eigenvalue weighted by molar-refractivity contribution is 5.91. The van der Waals surface area contributed by atoms with Gasteiger partial charge in [-0.2, -0.15) is 13.2 Å². The summed E-state index contributed by atoms with van der Waals surface area (Å²) in [6, 6.07) is 8.33. The van der Waals surface area contributed by atoms with Crippen LogP contribution in [0.1, 0.15) is 18.5 Å². The van der Waals surface area contributed by atoms with Crippen LogP contribution >= 0.6 is 0 Å². The van der Waals surface area contributed by atoms with Crippen LogP contribution < -0.4 is 10.1 Å². The van der Waals surface area contributed by atoms with E-state index in [1.165, 1.54) is 13.2 Å². The summed E-state index contributed by atoms with van der Waals surface area (Å²) in [5, 5.41) is 3.73. The second-order valence-corrected chi connectivity index (χ2v) is 4.43. The molecule has 0 heterocycles. The Hall–Kier alpha value is -1.75. The van der Waals surface area contributed by atoms with Gasteiger partial charge in [0.25, 0.3) is 0 Å². The van der Waals surface area contributed by atoms with Crippen LogP contribution in [-0.2, 0) is 0 Å².